The van der Waals surface area contributed by atoms with Crippen LogP contribution in [0, 0.1) is 0 Å². The summed E-state index contributed by atoms with van der Waals surface area (Å²) in [6.07, 6.45) is 54.6. The van der Waals surface area contributed by atoms with Gasteiger partial charge in [0.1, 0.15) is 11.8 Å². The summed E-state index contributed by atoms with van der Waals surface area (Å²) in [5.74, 6) is -0.345. The Morgan fingerprint density at radius 1 is 0.426 bits per heavy atom. The van der Waals surface area contributed by atoms with Gasteiger partial charge in [0.25, 0.3) is 0 Å². The molecule has 1 aromatic rings. The molecule has 0 saturated heterocycles. The van der Waals surface area contributed by atoms with Gasteiger partial charge < -0.3 is 5.11 Å². The molecule has 0 aliphatic rings. The number of rotatable bonds is 50. The summed E-state index contributed by atoms with van der Waals surface area (Å²) in [5.41, 5.74) is 1.13. The van der Waals surface area contributed by atoms with E-state index in [-0.39, 0.29) is 7.43 Å². The second kappa shape index (κ2) is 59.5. The van der Waals surface area contributed by atoms with E-state index < -0.39 is 12.0 Å². The van der Waals surface area contributed by atoms with Gasteiger partial charge in [-0.2, -0.15) is 0 Å². The third-order valence-electron chi connectivity index (χ3n) is 13.7. The molecule has 1 N–H and O–H groups in total. The van der Waals surface area contributed by atoms with E-state index in [1.54, 1.807) is 6.92 Å². The quantitative estimate of drug-likeness (QED) is 0.0659. The zero-order valence-corrected chi connectivity index (χ0v) is 46.0. The Kier molecular flexibility index (Phi) is 61.7. The lowest BCUT2D eigenvalue weighted by Gasteiger charge is -2.29. The van der Waals surface area contributed by atoms with E-state index in [0.29, 0.717) is 25.9 Å². The molecule has 0 fully saturated rings. The third-order valence-corrected chi connectivity index (χ3v) is 13.7. The fraction of sp³-hybridized carbons (Fsp3) is 0.871. The largest absolute Gasteiger partial charge is 0.480 e. The first-order valence-corrected chi connectivity index (χ1v) is 29.5. The molecule has 0 aliphatic heterocycles. The number of carboxylic acid groups (broad SMARTS) is 1. The van der Waals surface area contributed by atoms with Gasteiger partial charge in [0.2, 0.25) is 0 Å². The molecule has 1 aromatic carbocycles. The maximum absolute atomic E-state index is 12.3. The maximum Gasteiger partial charge on any atom is 0.321 e. The van der Waals surface area contributed by atoms with Crippen molar-refractivity contribution in [3.05, 3.63) is 35.9 Å². The molecule has 0 saturated carbocycles. The predicted octanol–water partition coefficient (Wildman–Crippen LogP) is 19.8. The summed E-state index contributed by atoms with van der Waals surface area (Å²) in [6, 6.07) is 9.76. The van der Waals surface area contributed by atoms with Gasteiger partial charge in [0, 0.05) is 0 Å². The van der Waals surface area contributed by atoms with Crippen molar-refractivity contribution < 1.29 is 19.1 Å². The number of halogens is 1. The molecule has 0 heterocycles. The van der Waals surface area contributed by atoms with Crippen LogP contribution in [-0.4, -0.2) is 72.6 Å². The Bertz CT molecular complexity index is 1050. The number of unbranched alkanes of at least 4 members (excludes halogenated alkanes) is 36. The molecule has 0 aliphatic carbocycles. The highest BCUT2D eigenvalue weighted by Crippen LogP contribution is 2.18. The molecule has 404 valence electrons. The highest BCUT2D eigenvalue weighted by Gasteiger charge is 2.25. The summed E-state index contributed by atoms with van der Waals surface area (Å²) < 4.78 is 9.50. The number of Topliss-reactive ketones (excluding diaryl/α,β-unsaturated/α-hetero) is 1. The van der Waals surface area contributed by atoms with Gasteiger partial charge in [-0.05, 0) is 70.8 Å². The average molecular weight is 962 g/mol. The fourth-order valence-electron chi connectivity index (χ4n) is 9.47. The van der Waals surface area contributed by atoms with Crippen molar-refractivity contribution >= 4 is 11.8 Å². The molecule has 0 bridgehead atoms. The van der Waals surface area contributed by atoms with E-state index in [2.05, 4.69) is 49.6 Å². The molecular weight excluding hydrogens is 840 g/mol. The van der Waals surface area contributed by atoms with Crippen molar-refractivity contribution in [1.82, 2.24) is 9.80 Å². The Hall–Kier alpha value is -1.79. The number of hydrogen-bond donors (Lipinski definition) is 1. The van der Waals surface area contributed by atoms with Crippen LogP contribution in [0.1, 0.15) is 304 Å². The zero-order valence-electron chi connectivity index (χ0n) is 46.0. The van der Waals surface area contributed by atoms with Crippen LogP contribution in [-0.2, 0) is 16.0 Å². The number of nitrogens with zero attached hydrogens (tertiary/aromatic N) is 2. The number of carbonyl (C=O) groups is 2. The summed E-state index contributed by atoms with van der Waals surface area (Å²) in [5, 5.41) is 10.1. The van der Waals surface area contributed by atoms with Gasteiger partial charge in [0.15, 0.2) is 0 Å². The van der Waals surface area contributed by atoms with Crippen LogP contribution in [0.15, 0.2) is 30.3 Å². The third kappa shape index (κ3) is 52.0. The Labute approximate surface area is 426 Å². The molecule has 1 atom stereocenters. The van der Waals surface area contributed by atoms with Crippen molar-refractivity contribution in [2.45, 2.75) is 311 Å². The molecule has 1 rings (SSSR count). The van der Waals surface area contributed by atoms with Crippen molar-refractivity contribution in [1.29, 1.82) is 0 Å². The number of hydrogen-bond acceptors (Lipinski definition) is 4. The second-order valence-corrected chi connectivity index (χ2v) is 20.3. The normalized spacial score (nSPS) is 11.5. The predicted molar refractivity (Wildman–Crippen MR) is 301 cm³/mol. The Balaban J connectivity index is -0.00000121. The molecule has 5 nitrogen and oxygen atoms in total. The van der Waals surface area contributed by atoms with Gasteiger partial charge in [-0.3, -0.25) is 23.8 Å². The highest BCUT2D eigenvalue weighted by atomic mass is 19.1. The second-order valence-electron chi connectivity index (χ2n) is 20.3. The van der Waals surface area contributed by atoms with Crippen molar-refractivity contribution in [3.63, 3.8) is 0 Å². The van der Waals surface area contributed by atoms with Crippen LogP contribution in [0.5, 0.6) is 0 Å². The first-order chi connectivity index (χ1) is 32.9. The van der Waals surface area contributed by atoms with Crippen LogP contribution in [0.4, 0.5) is 4.39 Å². The number of aliphatic carboxylic acids is 1. The monoisotopic (exact) mass is 961 g/mol. The van der Waals surface area contributed by atoms with E-state index >= 15 is 0 Å². The van der Waals surface area contributed by atoms with Crippen molar-refractivity contribution in [2.75, 3.05) is 39.9 Å². The van der Waals surface area contributed by atoms with Gasteiger partial charge in [-0.25, -0.2) is 0 Å². The number of alkyl halides is 1. The maximum atomic E-state index is 12.3. The lowest BCUT2D eigenvalue weighted by molar-refractivity contribution is -0.143. The number of benzene rings is 1. The van der Waals surface area contributed by atoms with E-state index in [9.17, 15) is 19.1 Å². The summed E-state index contributed by atoms with van der Waals surface area (Å²) in [4.78, 5) is 28.5. The Morgan fingerprint density at radius 3 is 0.926 bits per heavy atom. The molecule has 1 unspecified atom stereocenters. The molecule has 6 heteroatoms. The lowest BCUT2D eigenvalue weighted by Crippen LogP contribution is -2.43. The number of carbonyl (C=O) groups excluding carboxylic acids is 1. The lowest BCUT2D eigenvalue weighted by atomic mass is 10.0. The molecule has 0 aromatic heterocycles. The minimum atomic E-state index is -0.669. The summed E-state index contributed by atoms with van der Waals surface area (Å²) in [6.45, 7) is 15.6. The van der Waals surface area contributed by atoms with Crippen molar-refractivity contribution in [2.24, 2.45) is 0 Å². The fourth-order valence-corrected chi connectivity index (χ4v) is 9.47. The number of carboxylic acids is 1. The van der Waals surface area contributed by atoms with E-state index in [1.807, 2.05) is 18.2 Å². The standard InChI is InChI=1S/C33H59NO2.C27H55NO.CH3F.CH4/c1-3-5-7-9-11-13-15-17-19-24-28-34(29-25-20-18-16-14-12-10-8-6-4-2)32(33(35)36)30-31-26-22-21-23-27-31;1-4-6-8-10-12-14-16-18-20-22-24-28(26-27(3)29)25-23-21-19-17-15-13-11-9-7-5-2;1-2;/h21-23,26-27,32H,3-20,24-25,28-30H2,1-2H3,(H,35,36);4-26H2,1-3H3;1H3;1H4. The summed E-state index contributed by atoms with van der Waals surface area (Å²) >= 11 is 0. The molecule has 0 spiro atoms. The first-order valence-electron chi connectivity index (χ1n) is 29.5. The topological polar surface area (TPSA) is 60.9 Å². The van der Waals surface area contributed by atoms with Gasteiger partial charge in [-0.15, -0.1) is 0 Å². The van der Waals surface area contributed by atoms with Gasteiger partial charge >= 0.3 is 5.97 Å². The van der Waals surface area contributed by atoms with Crippen LogP contribution in [0.2, 0.25) is 0 Å². The average Bonchev–Trinajstić information content (AvgIpc) is 3.33. The smallest absolute Gasteiger partial charge is 0.321 e. The van der Waals surface area contributed by atoms with Gasteiger partial charge in [0.05, 0.1) is 13.7 Å². The zero-order chi connectivity index (χ0) is 49.5. The van der Waals surface area contributed by atoms with Crippen molar-refractivity contribution in [3.8, 4) is 0 Å². The van der Waals surface area contributed by atoms with E-state index in [4.69, 9.17) is 0 Å². The van der Waals surface area contributed by atoms with Crippen LogP contribution in [0.25, 0.3) is 0 Å². The van der Waals surface area contributed by atoms with Crippen LogP contribution < -0.4 is 0 Å². The minimum absolute atomic E-state index is 0. The van der Waals surface area contributed by atoms with Gasteiger partial charge in [-0.1, -0.05) is 297 Å². The van der Waals surface area contributed by atoms with E-state index in [0.717, 1.165) is 44.6 Å². The summed E-state index contributed by atoms with van der Waals surface area (Å²) in [7, 11) is 0.500. The highest BCUT2D eigenvalue weighted by molar-refractivity contribution is 5.77. The Morgan fingerprint density at radius 2 is 0.676 bits per heavy atom. The van der Waals surface area contributed by atoms with Crippen LogP contribution in [0.3, 0.4) is 0 Å². The first kappa shape index (κ1) is 70.5. The van der Waals surface area contributed by atoms with Crippen LogP contribution >= 0.6 is 0 Å². The molecule has 0 amide bonds. The molecule has 68 heavy (non-hydrogen) atoms. The number of ketones is 1. The molecular formula is C62H121FN2O3. The SMILES string of the molecule is C.CCCCCCCCCCCCN(CCCCCCCCCCCC)C(Cc1ccccc1)C(=O)O.CCCCCCCCCCCCN(CCCCCCCCCCCC)CC(C)=O.CF. The van der Waals surface area contributed by atoms with E-state index in [1.165, 1.54) is 244 Å². The molecule has 0 radical (unpaired) electrons. The minimum Gasteiger partial charge on any atom is -0.480 e.